The van der Waals surface area contributed by atoms with E-state index in [1.54, 1.807) is 4.90 Å². The number of carbonyl (C=O) groups is 1. The maximum Gasteiger partial charge on any atom is 0.409 e. The van der Waals surface area contributed by atoms with Crippen LogP contribution in [0.25, 0.3) is 0 Å². The van der Waals surface area contributed by atoms with E-state index in [0.717, 1.165) is 58.2 Å². The molecular formula is C17H30N4O3. The van der Waals surface area contributed by atoms with E-state index in [1.165, 1.54) is 5.57 Å². The Bertz CT molecular complexity index is 457. The Kier molecular flexibility index (Phi) is 7.88. The van der Waals surface area contributed by atoms with Gasteiger partial charge in [0.15, 0.2) is 5.96 Å². The average molecular weight is 338 g/mol. The zero-order valence-corrected chi connectivity index (χ0v) is 14.9. The molecule has 0 saturated carbocycles. The molecule has 7 heteroatoms. The fourth-order valence-corrected chi connectivity index (χ4v) is 2.84. The van der Waals surface area contributed by atoms with Crippen LogP contribution in [0.4, 0.5) is 4.79 Å². The molecule has 0 unspecified atom stereocenters. The Hall–Kier alpha value is -1.76. The van der Waals surface area contributed by atoms with Crippen LogP contribution in [0.2, 0.25) is 0 Å². The minimum absolute atomic E-state index is 0.217. The number of rotatable bonds is 5. The lowest BCUT2D eigenvalue weighted by Gasteiger charge is -2.35. The van der Waals surface area contributed by atoms with Crippen molar-refractivity contribution < 1.29 is 14.3 Å². The van der Waals surface area contributed by atoms with Gasteiger partial charge in [-0.15, -0.1) is 0 Å². The fraction of sp³-hybridized carbons (Fsp3) is 0.765. The number of aliphatic imine (C=N–C) groups is 1. The second kappa shape index (κ2) is 10.2. The van der Waals surface area contributed by atoms with E-state index in [-0.39, 0.29) is 6.09 Å². The number of carbonyl (C=O) groups excluding carboxylic acids is 1. The van der Waals surface area contributed by atoms with E-state index < -0.39 is 0 Å². The van der Waals surface area contributed by atoms with Crippen LogP contribution in [0.5, 0.6) is 0 Å². The summed E-state index contributed by atoms with van der Waals surface area (Å²) in [5.74, 6) is 0.939. The molecule has 2 aliphatic heterocycles. The summed E-state index contributed by atoms with van der Waals surface area (Å²) in [5, 5.41) is 3.36. The largest absolute Gasteiger partial charge is 0.450 e. The summed E-state index contributed by atoms with van der Waals surface area (Å²) in [5.41, 5.74) is 1.44. The first-order valence-electron chi connectivity index (χ1n) is 8.95. The Balaban J connectivity index is 1.82. The monoisotopic (exact) mass is 338 g/mol. The van der Waals surface area contributed by atoms with Gasteiger partial charge in [-0.25, -0.2) is 4.79 Å². The van der Waals surface area contributed by atoms with Crippen LogP contribution in [-0.4, -0.2) is 80.9 Å². The van der Waals surface area contributed by atoms with Gasteiger partial charge in [0.2, 0.25) is 0 Å². The van der Waals surface area contributed by atoms with Crippen LogP contribution in [0.3, 0.4) is 0 Å². The van der Waals surface area contributed by atoms with Gasteiger partial charge in [-0.1, -0.05) is 11.6 Å². The minimum atomic E-state index is -0.217. The standard InChI is InChI=1S/C17H30N4O3/c1-3-18-16(19-8-5-15-6-13-23-14-7-15)20-9-11-21(12-10-20)17(22)24-4-2/h6H,3-5,7-14H2,1-2H3,(H,18,19). The lowest BCUT2D eigenvalue weighted by atomic mass is 10.1. The number of ether oxygens (including phenoxy) is 2. The van der Waals surface area contributed by atoms with Gasteiger partial charge in [-0.2, -0.15) is 0 Å². The first-order chi connectivity index (χ1) is 11.7. The van der Waals surface area contributed by atoms with E-state index in [9.17, 15) is 4.79 Å². The first-order valence-corrected chi connectivity index (χ1v) is 8.95. The quantitative estimate of drug-likeness (QED) is 0.467. The van der Waals surface area contributed by atoms with Crippen molar-refractivity contribution in [2.24, 2.45) is 4.99 Å². The number of guanidine groups is 1. The highest BCUT2D eigenvalue weighted by atomic mass is 16.6. The van der Waals surface area contributed by atoms with Gasteiger partial charge in [0.1, 0.15) is 0 Å². The van der Waals surface area contributed by atoms with E-state index in [4.69, 9.17) is 14.5 Å². The molecule has 1 N–H and O–H groups in total. The van der Waals surface area contributed by atoms with Crippen LogP contribution in [0.1, 0.15) is 26.7 Å². The Morgan fingerprint density at radius 1 is 1.29 bits per heavy atom. The molecule has 0 atom stereocenters. The van der Waals surface area contributed by atoms with Crippen molar-refractivity contribution in [3.05, 3.63) is 11.6 Å². The predicted molar refractivity (Wildman–Crippen MR) is 94.3 cm³/mol. The molecule has 2 aliphatic rings. The van der Waals surface area contributed by atoms with E-state index in [0.29, 0.717) is 19.7 Å². The number of hydrogen-bond donors (Lipinski definition) is 1. The number of nitrogens with zero attached hydrogens (tertiary/aromatic N) is 3. The zero-order chi connectivity index (χ0) is 17.2. The van der Waals surface area contributed by atoms with Crippen LogP contribution < -0.4 is 5.32 Å². The number of nitrogens with one attached hydrogen (secondary N) is 1. The van der Waals surface area contributed by atoms with Gasteiger partial charge < -0.3 is 24.6 Å². The second-order valence-electron chi connectivity index (χ2n) is 5.85. The summed E-state index contributed by atoms with van der Waals surface area (Å²) >= 11 is 0. The third kappa shape index (κ3) is 5.70. The summed E-state index contributed by atoms with van der Waals surface area (Å²) in [6.45, 7) is 10.4. The molecule has 7 nitrogen and oxygen atoms in total. The molecule has 2 heterocycles. The average Bonchev–Trinajstić information content (AvgIpc) is 2.62. The zero-order valence-electron chi connectivity index (χ0n) is 14.9. The van der Waals surface area contributed by atoms with Gasteiger partial charge in [-0.3, -0.25) is 4.99 Å². The van der Waals surface area contributed by atoms with Gasteiger partial charge in [0.25, 0.3) is 0 Å². The molecule has 24 heavy (non-hydrogen) atoms. The van der Waals surface area contributed by atoms with E-state index >= 15 is 0 Å². The third-order valence-corrected chi connectivity index (χ3v) is 4.19. The number of piperazine rings is 1. The van der Waals surface area contributed by atoms with Crippen LogP contribution in [0.15, 0.2) is 16.6 Å². The molecule has 1 amide bonds. The summed E-state index contributed by atoms with van der Waals surface area (Å²) in [6.07, 6.45) is 3.96. The van der Waals surface area contributed by atoms with E-state index in [2.05, 4.69) is 23.2 Å². The van der Waals surface area contributed by atoms with Crippen LogP contribution >= 0.6 is 0 Å². The molecular weight excluding hydrogens is 308 g/mol. The molecule has 0 aromatic heterocycles. The normalized spacial score (nSPS) is 19.1. The highest BCUT2D eigenvalue weighted by Gasteiger charge is 2.23. The molecule has 0 aromatic carbocycles. The molecule has 0 bridgehead atoms. The van der Waals surface area contributed by atoms with Crippen LogP contribution in [-0.2, 0) is 9.47 Å². The molecule has 0 aromatic rings. The van der Waals surface area contributed by atoms with Gasteiger partial charge >= 0.3 is 6.09 Å². The molecule has 1 fully saturated rings. The highest BCUT2D eigenvalue weighted by Crippen LogP contribution is 2.12. The summed E-state index contributed by atoms with van der Waals surface area (Å²) in [7, 11) is 0. The van der Waals surface area contributed by atoms with Crippen LogP contribution in [0, 0.1) is 0 Å². The van der Waals surface area contributed by atoms with Crippen molar-refractivity contribution in [3.8, 4) is 0 Å². The third-order valence-electron chi connectivity index (χ3n) is 4.19. The first kappa shape index (κ1) is 18.6. The van der Waals surface area contributed by atoms with Crippen molar-refractivity contribution in [1.29, 1.82) is 0 Å². The maximum atomic E-state index is 11.8. The number of amides is 1. The van der Waals surface area contributed by atoms with Crippen molar-refractivity contribution >= 4 is 12.1 Å². The lowest BCUT2D eigenvalue weighted by Crippen LogP contribution is -2.53. The van der Waals surface area contributed by atoms with E-state index in [1.807, 2.05) is 6.92 Å². The van der Waals surface area contributed by atoms with Gasteiger partial charge in [-0.05, 0) is 26.7 Å². The molecule has 0 radical (unpaired) electrons. The molecule has 1 saturated heterocycles. The second-order valence-corrected chi connectivity index (χ2v) is 5.85. The predicted octanol–water partition coefficient (Wildman–Crippen LogP) is 1.46. The van der Waals surface area contributed by atoms with Gasteiger partial charge in [0, 0.05) is 39.3 Å². The van der Waals surface area contributed by atoms with Crippen molar-refractivity contribution in [3.63, 3.8) is 0 Å². The smallest absolute Gasteiger partial charge is 0.409 e. The Labute approximate surface area is 144 Å². The molecule has 136 valence electrons. The van der Waals surface area contributed by atoms with Crippen molar-refractivity contribution in [2.75, 3.05) is 59.1 Å². The molecule has 0 spiro atoms. The Morgan fingerprint density at radius 2 is 2.04 bits per heavy atom. The SMILES string of the molecule is CCNC(=NCCC1=CCOCC1)N1CCN(C(=O)OCC)CC1. The molecule has 2 rings (SSSR count). The summed E-state index contributed by atoms with van der Waals surface area (Å²) in [6, 6.07) is 0. The fourth-order valence-electron chi connectivity index (χ4n) is 2.84. The van der Waals surface area contributed by atoms with Crippen molar-refractivity contribution in [1.82, 2.24) is 15.1 Å². The molecule has 0 aliphatic carbocycles. The number of hydrogen-bond acceptors (Lipinski definition) is 4. The summed E-state index contributed by atoms with van der Waals surface area (Å²) < 4.78 is 10.4. The Morgan fingerprint density at radius 3 is 2.67 bits per heavy atom. The topological polar surface area (TPSA) is 66.4 Å². The maximum absolute atomic E-state index is 11.8. The van der Waals surface area contributed by atoms with Crippen molar-refractivity contribution in [2.45, 2.75) is 26.7 Å². The highest BCUT2D eigenvalue weighted by molar-refractivity contribution is 5.80. The lowest BCUT2D eigenvalue weighted by molar-refractivity contribution is 0.0914. The minimum Gasteiger partial charge on any atom is -0.450 e. The van der Waals surface area contributed by atoms with Gasteiger partial charge in [0.05, 0.1) is 19.8 Å². The summed E-state index contributed by atoms with van der Waals surface area (Å²) in [4.78, 5) is 20.5.